The molecule has 0 aromatic carbocycles. The molecule has 104 valence electrons. The van der Waals surface area contributed by atoms with Gasteiger partial charge in [-0.25, -0.2) is 13.4 Å². The molecule has 0 spiro atoms. The largest absolute Gasteiger partial charge is 0.327 e. The standard InChI is InChI=1S/C10H14N4O4S/c11-8-2-1-5-13(7-8)19(17,18)10-4-3-9(6-12-10)14(15)16/h3-4,6,8H,1-2,5,7,11H2/t8-/m1/s1. The van der Waals surface area contributed by atoms with Gasteiger partial charge in [-0.15, -0.1) is 0 Å². The first-order valence-corrected chi connectivity index (χ1v) is 7.21. The summed E-state index contributed by atoms with van der Waals surface area (Å²) < 4.78 is 25.8. The van der Waals surface area contributed by atoms with Crippen LogP contribution in [0.15, 0.2) is 23.4 Å². The van der Waals surface area contributed by atoms with Crippen LogP contribution < -0.4 is 5.73 Å². The van der Waals surface area contributed by atoms with E-state index in [0.717, 1.165) is 24.8 Å². The average Bonchev–Trinajstić information content (AvgIpc) is 2.39. The van der Waals surface area contributed by atoms with Crippen LogP contribution in [0.4, 0.5) is 5.69 Å². The molecule has 8 nitrogen and oxygen atoms in total. The lowest BCUT2D eigenvalue weighted by molar-refractivity contribution is -0.385. The monoisotopic (exact) mass is 286 g/mol. The molecule has 0 amide bonds. The van der Waals surface area contributed by atoms with Crippen molar-refractivity contribution in [2.45, 2.75) is 23.9 Å². The quantitative estimate of drug-likeness (QED) is 0.621. The van der Waals surface area contributed by atoms with Crippen LogP contribution in [0.2, 0.25) is 0 Å². The molecule has 2 N–H and O–H groups in total. The first-order valence-electron chi connectivity index (χ1n) is 5.77. The Labute approximate surface area is 110 Å². The van der Waals surface area contributed by atoms with Crippen molar-refractivity contribution in [3.05, 3.63) is 28.4 Å². The van der Waals surface area contributed by atoms with E-state index in [1.807, 2.05) is 0 Å². The molecule has 1 aliphatic rings. The first kappa shape index (κ1) is 13.8. The van der Waals surface area contributed by atoms with Gasteiger partial charge >= 0.3 is 0 Å². The SMILES string of the molecule is N[C@@H]1CCCN(S(=O)(=O)c2ccc([N+](=O)[O-])cn2)C1. The Morgan fingerprint density at radius 1 is 1.47 bits per heavy atom. The molecule has 0 bridgehead atoms. The van der Waals surface area contributed by atoms with Crippen LogP contribution in [-0.4, -0.2) is 41.8 Å². The van der Waals surface area contributed by atoms with Gasteiger partial charge in [0.15, 0.2) is 5.03 Å². The lowest BCUT2D eigenvalue weighted by Crippen LogP contribution is -2.45. The van der Waals surface area contributed by atoms with Gasteiger partial charge in [0.05, 0.1) is 4.92 Å². The third-order valence-corrected chi connectivity index (χ3v) is 4.74. The zero-order chi connectivity index (χ0) is 14.0. The van der Waals surface area contributed by atoms with Crippen molar-refractivity contribution in [2.24, 2.45) is 5.73 Å². The number of pyridine rings is 1. The Kier molecular flexibility index (Phi) is 3.78. The zero-order valence-electron chi connectivity index (χ0n) is 10.1. The summed E-state index contributed by atoms with van der Waals surface area (Å²) in [5.74, 6) is 0. The summed E-state index contributed by atoms with van der Waals surface area (Å²) in [4.78, 5) is 13.5. The second-order valence-electron chi connectivity index (χ2n) is 4.38. The number of nitrogens with zero attached hydrogens (tertiary/aromatic N) is 3. The van der Waals surface area contributed by atoms with E-state index >= 15 is 0 Å². The molecule has 2 heterocycles. The minimum atomic E-state index is -3.72. The molecule has 0 radical (unpaired) electrons. The van der Waals surface area contributed by atoms with Gasteiger partial charge in [-0.1, -0.05) is 0 Å². The Morgan fingerprint density at radius 2 is 2.21 bits per heavy atom. The molecule has 0 saturated carbocycles. The van der Waals surface area contributed by atoms with Crippen molar-refractivity contribution >= 4 is 15.7 Å². The highest BCUT2D eigenvalue weighted by Crippen LogP contribution is 2.20. The highest BCUT2D eigenvalue weighted by molar-refractivity contribution is 7.89. The fourth-order valence-electron chi connectivity index (χ4n) is 1.96. The fraction of sp³-hybridized carbons (Fsp3) is 0.500. The van der Waals surface area contributed by atoms with Gasteiger partial charge in [0, 0.05) is 25.2 Å². The molecular weight excluding hydrogens is 272 g/mol. The van der Waals surface area contributed by atoms with E-state index in [4.69, 9.17) is 5.73 Å². The predicted molar refractivity (Wildman–Crippen MR) is 66.9 cm³/mol. The lowest BCUT2D eigenvalue weighted by Gasteiger charge is -2.29. The molecule has 1 atom stereocenters. The number of aromatic nitrogens is 1. The summed E-state index contributed by atoms with van der Waals surface area (Å²) in [5, 5.41) is 10.3. The number of nitrogens with two attached hydrogens (primary N) is 1. The topological polar surface area (TPSA) is 119 Å². The highest BCUT2D eigenvalue weighted by atomic mass is 32.2. The molecular formula is C10H14N4O4S. The third-order valence-electron chi connectivity index (χ3n) is 2.96. The van der Waals surface area contributed by atoms with Gasteiger partial charge in [-0.05, 0) is 18.9 Å². The molecule has 1 aliphatic heterocycles. The van der Waals surface area contributed by atoms with Gasteiger partial charge in [0.1, 0.15) is 6.20 Å². The van der Waals surface area contributed by atoms with Gasteiger partial charge in [0.2, 0.25) is 0 Å². The Bertz CT molecular complexity index is 572. The molecule has 1 fully saturated rings. The molecule has 1 aromatic rings. The van der Waals surface area contributed by atoms with Crippen LogP contribution in [0.3, 0.4) is 0 Å². The van der Waals surface area contributed by atoms with E-state index in [0.29, 0.717) is 13.0 Å². The van der Waals surface area contributed by atoms with E-state index < -0.39 is 14.9 Å². The number of rotatable bonds is 3. The molecule has 19 heavy (non-hydrogen) atoms. The summed E-state index contributed by atoms with van der Waals surface area (Å²) >= 11 is 0. The number of sulfonamides is 1. The molecule has 9 heteroatoms. The maximum Gasteiger partial charge on any atom is 0.287 e. The second kappa shape index (κ2) is 5.19. The Morgan fingerprint density at radius 3 is 2.74 bits per heavy atom. The minimum absolute atomic E-state index is 0.179. The zero-order valence-corrected chi connectivity index (χ0v) is 10.9. The average molecular weight is 286 g/mol. The normalized spacial score (nSPS) is 21.2. The third kappa shape index (κ3) is 2.88. The molecule has 0 aliphatic carbocycles. The molecule has 1 saturated heterocycles. The van der Waals surface area contributed by atoms with Crippen LogP contribution in [0, 0.1) is 10.1 Å². The second-order valence-corrected chi connectivity index (χ2v) is 6.26. The summed E-state index contributed by atoms with van der Waals surface area (Å²) in [6.45, 7) is 0.649. The Balaban J connectivity index is 2.26. The first-order chi connectivity index (χ1) is 8.91. The maximum absolute atomic E-state index is 12.3. The Hall–Kier alpha value is -1.58. The molecule has 2 rings (SSSR count). The van der Waals surface area contributed by atoms with Crippen LogP contribution in [0.5, 0.6) is 0 Å². The van der Waals surface area contributed by atoms with E-state index in [9.17, 15) is 18.5 Å². The summed E-state index contributed by atoms with van der Waals surface area (Å²) in [6.07, 6.45) is 2.43. The van der Waals surface area contributed by atoms with E-state index in [1.165, 1.54) is 4.31 Å². The van der Waals surface area contributed by atoms with Crippen molar-refractivity contribution in [1.29, 1.82) is 0 Å². The molecule has 0 unspecified atom stereocenters. The smallest absolute Gasteiger partial charge is 0.287 e. The van der Waals surface area contributed by atoms with Gasteiger partial charge in [-0.3, -0.25) is 10.1 Å². The fourth-order valence-corrected chi connectivity index (χ4v) is 3.41. The van der Waals surface area contributed by atoms with Crippen LogP contribution in [0.25, 0.3) is 0 Å². The number of nitro groups is 1. The van der Waals surface area contributed by atoms with Crippen molar-refractivity contribution in [1.82, 2.24) is 9.29 Å². The minimum Gasteiger partial charge on any atom is -0.327 e. The van der Waals surface area contributed by atoms with Crippen LogP contribution >= 0.6 is 0 Å². The van der Waals surface area contributed by atoms with Gasteiger partial charge < -0.3 is 5.73 Å². The number of hydrogen-bond donors (Lipinski definition) is 1. The van der Waals surface area contributed by atoms with E-state index in [1.54, 1.807) is 0 Å². The van der Waals surface area contributed by atoms with Gasteiger partial charge in [-0.2, -0.15) is 4.31 Å². The van der Waals surface area contributed by atoms with Crippen molar-refractivity contribution in [2.75, 3.05) is 13.1 Å². The summed E-state index contributed by atoms with van der Waals surface area (Å²) in [6, 6.07) is 2.10. The van der Waals surface area contributed by atoms with Crippen molar-refractivity contribution < 1.29 is 13.3 Å². The van der Waals surface area contributed by atoms with Crippen molar-refractivity contribution in [3.63, 3.8) is 0 Å². The highest BCUT2D eigenvalue weighted by Gasteiger charge is 2.30. The molecule has 1 aromatic heterocycles. The van der Waals surface area contributed by atoms with E-state index in [-0.39, 0.29) is 23.3 Å². The lowest BCUT2D eigenvalue weighted by atomic mass is 10.1. The van der Waals surface area contributed by atoms with Crippen LogP contribution in [0.1, 0.15) is 12.8 Å². The van der Waals surface area contributed by atoms with Crippen LogP contribution in [-0.2, 0) is 10.0 Å². The van der Waals surface area contributed by atoms with Gasteiger partial charge in [0.25, 0.3) is 15.7 Å². The number of piperidine rings is 1. The summed E-state index contributed by atoms with van der Waals surface area (Å²) in [7, 11) is -3.72. The number of hydrogen-bond acceptors (Lipinski definition) is 6. The predicted octanol–water partition coefficient (Wildman–Crippen LogP) is 0.102. The van der Waals surface area contributed by atoms with E-state index in [2.05, 4.69) is 4.98 Å². The summed E-state index contributed by atoms with van der Waals surface area (Å²) in [5.41, 5.74) is 5.51. The van der Waals surface area contributed by atoms with Crippen molar-refractivity contribution in [3.8, 4) is 0 Å². The maximum atomic E-state index is 12.3.